The SMILES string of the molecule is N#Cc1ccc(NC(=O)CSCCOc2cccc(Br)c2)cc1. The van der Waals surface area contributed by atoms with E-state index >= 15 is 0 Å². The molecule has 0 aromatic heterocycles. The quantitative estimate of drug-likeness (QED) is 0.723. The maximum atomic E-state index is 11.8. The molecule has 23 heavy (non-hydrogen) atoms. The molecule has 2 rings (SSSR count). The lowest BCUT2D eigenvalue weighted by atomic mass is 10.2. The number of benzene rings is 2. The van der Waals surface area contributed by atoms with Crippen LogP contribution in [0.4, 0.5) is 5.69 Å². The fraction of sp³-hybridized carbons (Fsp3) is 0.176. The van der Waals surface area contributed by atoms with Crippen LogP contribution in [0.25, 0.3) is 0 Å². The number of carbonyl (C=O) groups is 1. The summed E-state index contributed by atoms with van der Waals surface area (Å²) in [6.07, 6.45) is 0. The highest BCUT2D eigenvalue weighted by atomic mass is 79.9. The Morgan fingerprint density at radius 1 is 1.26 bits per heavy atom. The van der Waals surface area contributed by atoms with Crippen molar-refractivity contribution >= 4 is 39.3 Å². The summed E-state index contributed by atoms with van der Waals surface area (Å²) in [5, 5.41) is 11.5. The van der Waals surface area contributed by atoms with Gasteiger partial charge in [-0.25, -0.2) is 0 Å². The van der Waals surface area contributed by atoms with Crippen molar-refractivity contribution < 1.29 is 9.53 Å². The van der Waals surface area contributed by atoms with E-state index in [1.54, 1.807) is 24.3 Å². The highest BCUT2D eigenvalue weighted by Gasteiger charge is 2.03. The Labute approximate surface area is 148 Å². The number of hydrogen-bond donors (Lipinski definition) is 1. The standard InChI is InChI=1S/C17H15BrN2O2S/c18-14-2-1-3-16(10-14)22-8-9-23-12-17(21)20-15-6-4-13(11-19)5-7-15/h1-7,10H,8-9,12H2,(H,20,21). The minimum atomic E-state index is -0.0674. The first-order valence-corrected chi connectivity index (χ1v) is 8.88. The molecule has 2 aromatic rings. The third-order valence-corrected chi connectivity index (χ3v) is 4.24. The van der Waals surface area contributed by atoms with Gasteiger partial charge in [-0.05, 0) is 42.5 Å². The lowest BCUT2D eigenvalue weighted by Gasteiger charge is -2.07. The van der Waals surface area contributed by atoms with Crippen LogP contribution in [0.5, 0.6) is 5.75 Å². The summed E-state index contributed by atoms with van der Waals surface area (Å²) >= 11 is 4.90. The number of anilines is 1. The van der Waals surface area contributed by atoms with E-state index < -0.39 is 0 Å². The summed E-state index contributed by atoms with van der Waals surface area (Å²) in [5.74, 6) is 1.83. The number of nitrogens with one attached hydrogen (secondary N) is 1. The lowest BCUT2D eigenvalue weighted by Crippen LogP contribution is -2.15. The fourth-order valence-electron chi connectivity index (χ4n) is 1.77. The summed E-state index contributed by atoms with van der Waals surface area (Å²) in [5.41, 5.74) is 1.27. The largest absolute Gasteiger partial charge is 0.493 e. The molecular formula is C17H15BrN2O2S. The van der Waals surface area contributed by atoms with Crippen molar-refractivity contribution in [2.24, 2.45) is 0 Å². The third kappa shape index (κ3) is 6.35. The second kappa shape index (κ2) is 9.23. The molecule has 1 amide bonds. The molecule has 0 unspecified atom stereocenters. The first-order valence-electron chi connectivity index (χ1n) is 6.93. The zero-order valence-electron chi connectivity index (χ0n) is 12.3. The van der Waals surface area contributed by atoms with Gasteiger partial charge < -0.3 is 10.1 Å². The van der Waals surface area contributed by atoms with Gasteiger partial charge in [0.15, 0.2) is 0 Å². The van der Waals surface area contributed by atoms with Crippen molar-refractivity contribution in [3.63, 3.8) is 0 Å². The molecule has 0 aliphatic carbocycles. The van der Waals surface area contributed by atoms with Crippen LogP contribution in [0, 0.1) is 11.3 Å². The van der Waals surface area contributed by atoms with Crippen molar-refractivity contribution in [1.82, 2.24) is 0 Å². The molecule has 0 bridgehead atoms. The van der Waals surface area contributed by atoms with Crippen LogP contribution >= 0.6 is 27.7 Å². The van der Waals surface area contributed by atoms with Crippen LogP contribution in [0.1, 0.15) is 5.56 Å². The van der Waals surface area contributed by atoms with Crippen LogP contribution in [-0.2, 0) is 4.79 Å². The average molecular weight is 391 g/mol. The Morgan fingerprint density at radius 3 is 2.74 bits per heavy atom. The van der Waals surface area contributed by atoms with Gasteiger partial charge >= 0.3 is 0 Å². The van der Waals surface area contributed by atoms with Gasteiger partial charge in [-0.2, -0.15) is 5.26 Å². The normalized spacial score (nSPS) is 9.91. The van der Waals surface area contributed by atoms with Crippen LogP contribution in [0.2, 0.25) is 0 Å². The summed E-state index contributed by atoms with van der Waals surface area (Å²) in [7, 11) is 0. The van der Waals surface area contributed by atoms with Crippen molar-refractivity contribution in [3.8, 4) is 11.8 Å². The molecule has 0 spiro atoms. The minimum Gasteiger partial charge on any atom is -0.493 e. The number of ether oxygens (including phenoxy) is 1. The molecule has 0 saturated heterocycles. The maximum absolute atomic E-state index is 11.8. The molecule has 0 aliphatic rings. The van der Waals surface area contributed by atoms with Crippen molar-refractivity contribution in [3.05, 3.63) is 58.6 Å². The number of halogens is 1. The predicted molar refractivity (Wildman–Crippen MR) is 96.7 cm³/mol. The Hall–Kier alpha value is -1.97. The zero-order chi connectivity index (χ0) is 16.5. The van der Waals surface area contributed by atoms with Crippen molar-refractivity contribution in [2.45, 2.75) is 0 Å². The first-order chi connectivity index (χ1) is 11.2. The average Bonchev–Trinajstić information content (AvgIpc) is 2.55. The van der Waals surface area contributed by atoms with Crippen LogP contribution in [0.15, 0.2) is 53.0 Å². The van der Waals surface area contributed by atoms with E-state index in [1.165, 1.54) is 11.8 Å². The number of nitrogens with zero attached hydrogens (tertiary/aromatic N) is 1. The van der Waals surface area contributed by atoms with Gasteiger partial charge in [0, 0.05) is 15.9 Å². The predicted octanol–water partition coefficient (Wildman–Crippen LogP) is 4.07. The molecule has 6 heteroatoms. The molecule has 0 heterocycles. The van der Waals surface area contributed by atoms with Crippen LogP contribution in [0.3, 0.4) is 0 Å². The fourth-order valence-corrected chi connectivity index (χ4v) is 2.75. The molecule has 0 fully saturated rings. The molecule has 0 radical (unpaired) electrons. The molecule has 4 nitrogen and oxygen atoms in total. The van der Waals surface area contributed by atoms with Gasteiger partial charge in [0.1, 0.15) is 5.75 Å². The van der Waals surface area contributed by atoms with E-state index in [4.69, 9.17) is 10.00 Å². The van der Waals surface area contributed by atoms with Crippen LogP contribution in [-0.4, -0.2) is 24.0 Å². The number of nitriles is 1. The Bertz CT molecular complexity index is 698. The third-order valence-electron chi connectivity index (χ3n) is 2.82. The van der Waals surface area contributed by atoms with E-state index in [0.717, 1.165) is 16.0 Å². The Kier molecular flexibility index (Phi) is 6.98. The summed E-state index contributed by atoms with van der Waals surface area (Å²) in [6.45, 7) is 0.547. The molecule has 2 aromatic carbocycles. The zero-order valence-corrected chi connectivity index (χ0v) is 14.7. The molecule has 0 atom stereocenters. The monoisotopic (exact) mass is 390 g/mol. The van der Waals surface area contributed by atoms with Gasteiger partial charge in [0.2, 0.25) is 5.91 Å². The van der Waals surface area contributed by atoms with Gasteiger partial charge in [-0.1, -0.05) is 22.0 Å². The van der Waals surface area contributed by atoms with Crippen LogP contribution < -0.4 is 10.1 Å². The molecule has 0 aliphatic heterocycles. The first kappa shape index (κ1) is 17.4. The number of rotatable bonds is 7. The van der Waals surface area contributed by atoms with Gasteiger partial charge in [0.25, 0.3) is 0 Å². The smallest absolute Gasteiger partial charge is 0.234 e. The van der Waals surface area contributed by atoms with Crippen molar-refractivity contribution in [1.29, 1.82) is 5.26 Å². The Balaban J connectivity index is 1.64. The highest BCUT2D eigenvalue weighted by molar-refractivity contribution is 9.10. The minimum absolute atomic E-state index is 0.0674. The molecule has 118 valence electrons. The molecule has 0 saturated carbocycles. The van der Waals surface area contributed by atoms with E-state index in [9.17, 15) is 4.79 Å². The highest BCUT2D eigenvalue weighted by Crippen LogP contribution is 2.18. The van der Waals surface area contributed by atoms with E-state index in [0.29, 0.717) is 23.6 Å². The number of hydrogen-bond acceptors (Lipinski definition) is 4. The van der Waals surface area contributed by atoms with Gasteiger partial charge in [-0.15, -0.1) is 11.8 Å². The topological polar surface area (TPSA) is 62.1 Å². The summed E-state index contributed by atoms with van der Waals surface area (Å²) in [6, 6.07) is 16.5. The van der Waals surface area contributed by atoms with Crippen molar-refractivity contribution in [2.75, 3.05) is 23.4 Å². The van der Waals surface area contributed by atoms with E-state index in [2.05, 4.69) is 21.2 Å². The number of amides is 1. The van der Waals surface area contributed by atoms with E-state index in [1.807, 2.05) is 30.3 Å². The summed E-state index contributed by atoms with van der Waals surface area (Å²) < 4.78 is 6.58. The summed E-state index contributed by atoms with van der Waals surface area (Å²) in [4.78, 5) is 11.8. The van der Waals surface area contributed by atoms with E-state index in [-0.39, 0.29) is 5.91 Å². The molecule has 1 N–H and O–H groups in total. The number of thioether (sulfide) groups is 1. The maximum Gasteiger partial charge on any atom is 0.234 e. The second-order valence-electron chi connectivity index (χ2n) is 4.60. The van der Waals surface area contributed by atoms with Gasteiger partial charge in [0.05, 0.1) is 24.0 Å². The van der Waals surface area contributed by atoms with Gasteiger partial charge in [-0.3, -0.25) is 4.79 Å². The lowest BCUT2D eigenvalue weighted by molar-refractivity contribution is -0.113. The number of carbonyl (C=O) groups excluding carboxylic acids is 1. The Morgan fingerprint density at radius 2 is 2.04 bits per heavy atom. The second-order valence-corrected chi connectivity index (χ2v) is 6.62. The molecular weight excluding hydrogens is 376 g/mol.